The molecule has 2 aromatic rings. The lowest BCUT2D eigenvalue weighted by molar-refractivity contribution is 0.596. The van der Waals surface area contributed by atoms with E-state index in [1.54, 1.807) is 11.3 Å². The van der Waals surface area contributed by atoms with Gasteiger partial charge in [-0.05, 0) is 52.9 Å². The van der Waals surface area contributed by atoms with E-state index in [0.717, 1.165) is 19.4 Å². The molecule has 0 aliphatic carbocycles. The summed E-state index contributed by atoms with van der Waals surface area (Å²) in [6, 6.07) is 11.3. The molecule has 1 aromatic heterocycles. The van der Waals surface area contributed by atoms with Crippen LogP contribution in [0.25, 0.3) is 0 Å². The average molecular weight is 259 g/mol. The van der Waals surface area contributed by atoms with Gasteiger partial charge in [0.2, 0.25) is 0 Å². The molecule has 0 spiro atoms. The number of rotatable bonds is 6. The maximum Gasteiger partial charge on any atom is 0.0587 e. The third kappa shape index (κ3) is 3.01. The Morgan fingerprint density at radius 1 is 1.17 bits per heavy atom. The number of hydrogen-bond acceptors (Lipinski definition) is 2. The third-order valence-electron chi connectivity index (χ3n) is 3.22. The Morgan fingerprint density at radius 3 is 2.67 bits per heavy atom. The minimum absolute atomic E-state index is 0.340. The van der Waals surface area contributed by atoms with Crippen LogP contribution in [0.3, 0.4) is 0 Å². The second kappa shape index (κ2) is 6.72. The first-order valence-corrected chi connectivity index (χ1v) is 7.64. The number of thiophene rings is 1. The molecule has 1 nitrogen and oxygen atoms in total. The van der Waals surface area contributed by atoms with Crippen molar-refractivity contribution in [2.24, 2.45) is 0 Å². The van der Waals surface area contributed by atoms with Gasteiger partial charge in [0.15, 0.2) is 0 Å². The number of nitrogens with one attached hydrogen (secondary N) is 1. The summed E-state index contributed by atoms with van der Waals surface area (Å²) in [5.41, 5.74) is 4.25. The minimum atomic E-state index is 0.340. The van der Waals surface area contributed by atoms with Gasteiger partial charge in [-0.15, -0.1) is 0 Å². The van der Waals surface area contributed by atoms with E-state index in [1.807, 2.05) is 0 Å². The first-order chi connectivity index (χ1) is 8.86. The van der Waals surface area contributed by atoms with Gasteiger partial charge < -0.3 is 5.32 Å². The van der Waals surface area contributed by atoms with Gasteiger partial charge in [0, 0.05) is 0 Å². The molecular weight excluding hydrogens is 238 g/mol. The van der Waals surface area contributed by atoms with E-state index in [0.29, 0.717) is 6.04 Å². The summed E-state index contributed by atoms with van der Waals surface area (Å²) in [6.07, 6.45) is 2.25. The van der Waals surface area contributed by atoms with Crippen LogP contribution in [0.4, 0.5) is 0 Å². The molecule has 1 unspecified atom stereocenters. The minimum Gasteiger partial charge on any atom is -0.306 e. The van der Waals surface area contributed by atoms with Gasteiger partial charge in [-0.2, -0.15) is 11.3 Å². The lowest BCUT2D eigenvalue weighted by atomic mass is 9.95. The van der Waals surface area contributed by atoms with Gasteiger partial charge in [-0.25, -0.2) is 0 Å². The molecule has 0 saturated carbocycles. The molecule has 18 heavy (non-hydrogen) atoms. The molecule has 0 bridgehead atoms. The number of hydrogen-bond donors (Lipinski definition) is 1. The number of aryl methyl sites for hydroxylation is 1. The molecule has 0 amide bonds. The van der Waals surface area contributed by atoms with Crippen molar-refractivity contribution in [2.45, 2.75) is 32.7 Å². The highest BCUT2D eigenvalue weighted by Gasteiger charge is 2.15. The topological polar surface area (TPSA) is 12.0 Å². The van der Waals surface area contributed by atoms with Crippen molar-refractivity contribution in [3.05, 3.63) is 57.8 Å². The molecule has 0 saturated heterocycles. The molecular formula is C16H21NS. The molecule has 2 rings (SSSR count). The Kier molecular flexibility index (Phi) is 4.97. The van der Waals surface area contributed by atoms with Crippen molar-refractivity contribution in [1.29, 1.82) is 0 Å². The quantitative estimate of drug-likeness (QED) is 0.811. The van der Waals surface area contributed by atoms with Gasteiger partial charge in [0.1, 0.15) is 0 Å². The van der Waals surface area contributed by atoms with Crippen LogP contribution in [0, 0.1) is 0 Å². The fourth-order valence-electron chi connectivity index (χ4n) is 2.27. The lowest BCUT2D eigenvalue weighted by Gasteiger charge is -2.21. The molecule has 0 aliphatic heterocycles. The smallest absolute Gasteiger partial charge is 0.0587 e. The second-order valence-electron chi connectivity index (χ2n) is 4.50. The number of benzene rings is 1. The van der Waals surface area contributed by atoms with Crippen molar-refractivity contribution >= 4 is 11.3 Å². The van der Waals surface area contributed by atoms with Crippen LogP contribution in [0.15, 0.2) is 41.1 Å². The fraction of sp³-hybridized carbons (Fsp3) is 0.375. The molecule has 0 fully saturated rings. The highest BCUT2D eigenvalue weighted by Crippen LogP contribution is 2.27. The summed E-state index contributed by atoms with van der Waals surface area (Å²) < 4.78 is 0. The van der Waals surface area contributed by atoms with Crippen LogP contribution in [-0.2, 0) is 6.42 Å². The monoisotopic (exact) mass is 259 g/mol. The zero-order chi connectivity index (χ0) is 12.8. The van der Waals surface area contributed by atoms with E-state index >= 15 is 0 Å². The summed E-state index contributed by atoms with van der Waals surface area (Å²) in [5, 5.41) is 8.08. The zero-order valence-electron chi connectivity index (χ0n) is 11.1. The summed E-state index contributed by atoms with van der Waals surface area (Å²) >= 11 is 1.77. The van der Waals surface area contributed by atoms with Crippen molar-refractivity contribution in [3.63, 3.8) is 0 Å². The average Bonchev–Trinajstić information content (AvgIpc) is 2.94. The van der Waals surface area contributed by atoms with Crippen molar-refractivity contribution in [3.8, 4) is 0 Å². The Labute approximate surface area is 114 Å². The largest absolute Gasteiger partial charge is 0.306 e. The van der Waals surface area contributed by atoms with Gasteiger partial charge in [0.05, 0.1) is 6.04 Å². The van der Waals surface area contributed by atoms with Crippen LogP contribution in [0.1, 0.15) is 43.0 Å². The lowest BCUT2D eigenvalue weighted by Crippen LogP contribution is -2.23. The Hall–Kier alpha value is -1.12. The molecule has 1 atom stereocenters. The second-order valence-corrected chi connectivity index (χ2v) is 5.28. The highest BCUT2D eigenvalue weighted by atomic mass is 32.1. The van der Waals surface area contributed by atoms with E-state index in [1.165, 1.54) is 16.7 Å². The van der Waals surface area contributed by atoms with E-state index in [-0.39, 0.29) is 0 Å². The molecule has 0 aliphatic rings. The van der Waals surface area contributed by atoms with Crippen molar-refractivity contribution < 1.29 is 0 Å². The van der Waals surface area contributed by atoms with Crippen LogP contribution >= 0.6 is 11.3 Å². The first-order valence-electron chi connectivity index (χ1n) is 6.70. The van der Waals surface area contributed by atoms with Crippen molar-refractivity contribution in [1.82, 2.24) is 5.32 Å². The van der Waals surface area contributed by atoms with E-state index in [4.69, 9.17) is 0 Å². The summed E-state index contributed by atoms with van der Waals surface area (Å²) in [5.74, 6) is 0. The molecule has 0 radical (unpaired) electrons. The molecule has 1 N–H and O–H groups in total. The first kappa shape index (κ1) is 13.3. The Balaban J connectivity index is 2.33. The fourth-order valence-corrected chi connectivity index (χ4v) is 2.96. The maximum atomic E-state index is 3.67. The van der Waals surface area contributed by atoms with Crippen LogP contribution in [-0.4, -0.2) is 6.54 Å². The van der Waals surface area contributed by atoms with E-state index in [9.17, 15) is 0 Å². The SMILES string of the molecule is CCCNC(c1ccsc1)c1ccccc1CC. The predicted molar refractivity (Wildman–Crippen MR) is 80.3 cm³/mol. The van der Waals surface area contributed by atoms with Gasteiger partial charge in [-0.3, -0.25) is 0 Å². The standard InChI is InChI=1S/C16H21NS/c1-3-10-17-16(14-9-11-18-12-14)15-8-6-5-7-13(15)4-2/h5-9,11-12,16-17H,3-4,10H2,1-2H3. The highest BCUT2D eigenvalue weighted by molar-refractivity contribution is 7.08. The molecule has 2 heteroatoms. The molecule has 1 aromatic carbocycles. The van der Waals surface area contributed by atoms with Crippen LogP contribution in [0.5, 0.6) is 0 Å². The Bertz CT molecular complexity index is 462. The van der Waals surface area contributed by atoms with Crippen LogP contribution in [0.2, 0.25) is 0 Å². The normalized spacial score (nSPS) is 12.6. The predicted octanol–water partition coefficient (Wildman–Crippen LogP) is 4.40. The van der Waals surface area contributed by atoms with Gasteiger partial charge in [-0.1, -0.05) is 38.1 Å². The Morgan fingerprint density at radius 2 is 2.00 bits per heavy atom. The summed E-state index contributed by atoms with van der Waals surface area (Å²) in [4.78, 5) is 0. The van der Waals surface area contributed by atoms with Crippen LogP contribution < -0.4 is 5.32 Å². The molecule has 1 heterocycles. The third-order valence-corrected chi connectivity index (χ3v) is 3.92. The van der Waals surface area contributed by atoms with Gasteiger partial charge >= 0.3 is 0 Å². The summed E-state index contributed by atoms with van der Waals surface area (Å²) in [7, 11) is 0. The van der Waals surface area contributed by atoms with E-state index in [2.05, 4.69) is 60.3 Å². The maximum absolute atomic E-state index is 3.67. The van der Waals surface area contributed by atoms with E-state index < -0.39 is 0 Å². The summed E-state index contributed by atoms with van der Waals surface area (Å²) in [6.45, 7) is 5.49. The zero-order valence-corrected chi connectivity index (χ0v) is 12.0. The van der Waals surface area contributed by atoms with Crippen molar-refractivity contribution in [2.75, 3.05) is 6.54 Å². The molecule has 96 valence electrons. The van der Waals surface area contributed by atoms with Gasteiger partial charge in [0.25, 0.3) is 0 Å².